The molecule has 0 unspecified atom stereocenters. The average Bonchev–Trinajstić information content (AvgIpc) is 2.40. The molecular formula is C14H19Cl2FN2O. The van der Waals surface area contributed by atoms with Crippen LogP contribution in [-0.2, 0) is 0 Å². The second-order valence-corrected chi connectivity index (χ2v) is 5.61. The fraction of sp³-hybridized carbons (Fsp3) is 0.500. The van der Waals surface area contributed by atoms with Gasteiger partial charge in [0.15, 0.2) is 5.82 Å². The number of hydrogen-bond acceptors (Lipinski definition) is 2. The molecule has 1 aliphatic rings. The van der Waals surface area contributed by atoms with Gasteiger partial charge in [-0.1, -0.05) is 36.9 Å². The van der Waals surface area contributed by atoms with Crippen molar-refractivity contribution in [3.05, 3.63) is 34.6 Å². The smallest absolute Gasteiger partial charge is 0.254 e. The van der Waals surface area contributed by atoms with E-state index in [1.807, 2.05) is 0 Å². The maximum atomic E-state index is 13.7. The number of halogens is 3. The quantitative estimate of drug-likeness (QED) is 0.897. The Kier molecular flexibility index (Phi) is 6.24. The third kappa shape index (κ3) is 4.08. The van der Waals surface area contributed by atoms with Crippen molar-refractivity contribution in [1.82, 2.24) is 5.32 Å². The third-order valence-corrected chi connectivity index (χ3v) is 3.94. The second-order valence-electron chi connectivity index (χ2n) is 5.21. The number of rotatable bonds is 3. The van der Waals surface area contributed by atoms with Crippen molar-refractivity contribution in [3.8, 4) is 0 Å². The Morgan fingerprint density at radius 3 is 2.65 bits per heavy atom. The lowest BCUT2D eigenvalue weighted by Gasteiger charge is -2.33. The van der Waals surface area contributed by atoms with Gasteiger partial charge in [-0.15, -0.1) is 12.4 Å². The molecule has 0 saturated heterocycles. The fourth-order valence-corrected chi connectivity index (χ4v) is 2.64. The predicted octanol–water partition coefficient (Wildman–Crippen LogP) is 3.29. The first-order valence-electron chi connectivity index (χ1n) is 6.53. The van der Waals surface area contributed by atoms with Gasteiger partial charge < -0.3 is 11.1 Å². The van der Waals surface area contributed by atoms with Crippen molar-refractivity contribution in [2.24, 2.45) is 5.73 Å². The standard InChI is InChI=1S/C14H18ClFN2O.ClH/c15-11-6-4-5-10(12(11)16)13(19)18-9-14(17)7-2-1-3-8-14;/h4-6H,1-3,7-9,17H2,(H,18,19);1H. The highest BCUT2D eigenvalue weighted by Crippen LogP contribution is 2.25. The first kappa shape index (κ1) is 17.2. The number of benzene rings is 1. The van der Waals surface area contributed by atoms with Crippen LogP contribution in [-0.4, -0.2) is 18.0 Å². The fourth-order valence-electron chi connectivity index (χ4n) is 2.46. The van der Waals surface area contributed by atoms with Crippen LogP contribution in [0.1, 0.15) is 42.5 Å². The summed E-state index contributed by atoms with van der Waals surface area (Å²) in [5.41, 5.74) is 5.83. The Labute approximate surface area is 129 Å². The molecule has 0 aliphatic heterocycles. The Morgan fingerprint density at radius 1 is 1.35 bits per heavy atom. The summed E-state index contributed by atoms with van der Waals surface area (Å²) in [7, 11) is 0. The van der Waals surface area contributed by atoms with Gasteiger partial charge in [0.05, 0.1) is 10.6 Å². The van der Waals surface area contributed by atoms with E-state index in [-0.39, 0.29) is 28.5 Å². The molecular weight excluding hydrogens is 302 g/mol. The summed E-state index contributed by atoms with van der Waals surface area (Å²) in [6.07, 6.45) is 5.14. The molecule has 1 aromatic carbocycles. The minimum Gasteiger partial charge on any atom is -0.350 e. The number of amides is 1. The van der Waals surface area contributed by atoms with E-state index in [9.17, 15) is 9.18 Å². The Balaban J connectivity index is 0.00000200. The van der Waals surface area contributed by atoms with Gasteiger partial charge in [-0.05, 0) is 25.0 Å². The van der Waals surface area contributed by atoms with E-state index in [0.29, 0.717) is 6.54 Å². The van der Waals surface area contributed by atoms with Gasteiger partial charge in [-0.25, -0.2) is 4.39 Å². The zero-order chi connectivity index (χ0) is 13.9. The maximum absolute atomic E-state index is 13.7. The number of carbonyl (C=O) groups is 1. The molecule has 0 radical (unpaired) electrons. The molecule has 1 amide bonds. The molecule has 2 rings (SSSR count). The topological polar surface area (TPSA) is 55.1 Å². The number of carbonyl (C=O) groups excluding carboxylic acids is 1. The van der Waals surface area contributed by atoms with E-state index >= 15 is 0 Å². The monoisotopic (exact) mass is 320 g/mol. The first-order valence-corrected chi connectivity index (χ1v) is 6.91. The average molecular weight is 321 g/mol. The van der Waals surface area contributed by atoms with Gasteiger partial charge in [0.1, 0.15) is 0 Å². The van der Waals surface area contributed by atoms with Crippen LogP contribution in [0.15, 0.2) is 18.2 Å². The number of nitrogens with two attached hydrogens (primary N) is 1. The summed E-state index contributed by atoms with van der Waals surface area (Å²) < 4.78 is 13.7. The van der Waals surface area contributed by atoms with Crippen LogP contribution >= 0.6 is 24.0 Å². The highest BCUT2D eigenvalue weighted by Gasteiger charge is 2.28. The van der Waals surface area contributed by atoms with Crippen LogP contribution in [0.4, 0.5) is 4.39 Å². The van der Waals surface area contributed by atoms with Gasteiger partial charge >= 0.3 is 0 Å². The highest BCUT2D eigenvalue weighted by atomic mass is 35.5. The SMILES string of the molecule is Cl.NC1(CNC(=O)c2cccc(Cl)c2F)CCCCC1. The highest BCUT2D eigenvalue weighted by molar-refractivity contribution is 6.31. The molecule has 3 N–H and O–H groups in total. The number of nitrogens with one attached hydrogen (secondary N) is 1. The molecule has 3 nitrogen and oxygen atoms in total. The van der Waals surface area contributed by atoms with E-state index < -0.39 is 11.7 Å². The molecule has 20 heavy (non-hydrogen) atoms. The zero-order valence-corrected chi connectivity index (χ0v) is 12.7. The van der Waals surface area contributed by atoms with Crippen LogP contribution in [0.2, 0.25) is 5.02 Å². The van der Waals surface area contributed by atoms with E-state index in [4.69, 9.17) is 17.3 Å². The Hall–Kier alpha value is -0.840. The van der Waals surface area contributed by atoms with Crippen molar-refractivity contribution in [3.63, 3.8) is 0 Å². The minimum atomic E-state index is -0.684. The summed E-state index contributed by atoms with van der Waals surface area (Å²) >= 11 is 5.65. The van der Waals surface area contributed by atoms with Gasteiger partial charge in [0.25, 0.3) is 5.91 Å². The van der Waals surface area contributed by atoms with Crippen LogP contribution in [0, 0.1) is 5.82 Å². The molecule has 0 atom stereocenters. The third-order valence-electron chi connectivity index (χ3n) is 3.65. The molecule has 6 heteroatoms. The summed E-state index contributed by atoms with van der Waals surface area (Å²) in [5.74, 6) is -1.15. The van der Waals surface area contributed by atoms with Gasteiger partial charge in [0.2, 0.25) is 0 Å². The molecule has 0 heterocycles. The van der Waals surface area contributed by atoms with Crippen molar-refractivity contribution in [1.29, 1.82) is 0 Å². The molecule has 1 aromatic rings. The van der Waals surface area contributed by atoms with Gasteiger partial charge in [-0.2, -0.15) is 0 Å². The predicted molar refractivity (Wildman–Crippen MR) is 81.0 cm³/mol. The summed E-state index contributed by atoms with van der Waals surface area (Å²) in [6.45, 7) is 0.373. The Bertz CT molecular complexity index is 476. The Morgan fingerprint density at radius 2 is 2.00 bits per heavy atom. The molecule has 1 saturated carbocycles. The molecule has 0 bridgehead atoms. The van der Waals surface area contributed by atoms with E-state index in [1.165, 1.54) is 18.6 Å². The summed E-state index contributed by atoms with van der Waals surface area (Å²) in [5, 5.41) is 2.67. The summed E-state index contributed by atoms with van der Waals surface area (Å²) in [6, 6.07) is 4.39. The van der Waals surface area contributed by atoms with Crippen LogP contribution in [0.5, 0.6) is 0 Å². The van der Waals surface area contributed by atoms with Crippen LogP contribution < -0.4 is 11.1 Å². The van der Waals surface area contributed by atoms with Crippen LogP contribution in [0.25, 0.3) is 0 Å². The van der Waals surface area contributed by atoms with Crippen molar-refractivity contribution >= 4 is 29.9 Å². The van der Waals surface area contributed by atoms with E-state index in [0.717, 1.165) is 25.7 Å². The largest absolute Gasteiger partial charge is 0.350 e. The van der Waals surface area contributed by atoms with Crippen LogP contribution in [0.3, 0.4) is 0 Å². The van der Waals surface area contributed by atoms with Crippen molar-refractivity contribution < 1.29 is 9.18 Å². The van der Waals surface area contributed by atoms with E-state index in [2.05, 4.69) is 5.32 Å². The normalized spacial score (nSPS) is 17.1. The lowest BCUT2D eigenvalue weighted by atomic mass is 9.82. The molecule has 1 fully saturated rings. The molecule has 112 valence electrons. The molecule has 0 aromatic heterocycles. The molecule has 1 aliphatic carbocycles. The minimum absolute atomic E-state index is 0. The van der Waals surface area contributed by atoms with E-state index in [1.54, 1.807) is 6.07 Å². The van der Waals surface area contributed by atoms with Crippen molar-refractivity contribution in [2.45, 2.75) is 37.6 Å². The maximum Gasteiger partial charge on any atom is 0.254 e. The lowest BCUT2D eigenvalue weighted by molar-refractivity contribution is 0.0933. The lowest BCUT2D eigenvalue weighted by Crippen LogP contribution is -2.51. The first-order chi connectivity index (χ1) is 9.02. The molecule has 0 spiro atoms. The number of hydrogen-bond donors (Lipinski definition) is 2. The van der Waals surface area contributed by atoms with Crippen molar-refractivity contribution in [2.75, 3.05) is 6.54 Å². The zero-order valence-electron chi connectivity index (χ0n) is 11.1. The van der Waals surface area contributed by atoms with Gasteiger partial charge in [-0.3, -0.25) is 4.79 Å². The summed E-state index contributed by atoms with van der Waals surface area (Å²) in [4.78, 5) is 11.9. The second kappa shape index (κ2) is 7.25. The van der Waals surface area contributed by atoms with Gasteiger partial charge in [0, 0.05) is 12.1 Å².